The summed E-state index contributed by atoms with van der Waals surface area (Å²) in [6, 6.07) is 0. The first kappa shape index (κ1) is 7.56. The monoisotopic (exact) mass is 155 g/mol. The Hall–Kier alpha value is -0.0800. The van der Waals surface area contributed by atoms with Crippen molar-refractivity contribution in [2.45, 2.75) is 31.8 Å². The van der Waals surface area contributed by atoms with Crippen molar-refractivity contribution in [1.82, 2.24) is 0 Å². The number of hydrogen-bond donors (Lipinski definition) is 1. The molecule has 0 bridgehead atoms. The van der Waals surface area contributed by atoms with Gasteiger partial charge in [0.05, 0.1) is 6.10 Å². The molecule has 2 N–H and O–H groups in total. The Bertz CT molecular complexity index is 132. The highest BCUT2D eigenvalue weighted by atomic mass is 16.5. The van der Waals surface area contributed by atoms with Crippen LogP contribution in [0, 0.1) is 11.8 Å². The second-order valence-electron chi connectivity index (χ2n) is 3.80. The van der Waals surface area contributed by atoms with Crippen LogP contribution in [0.5, 0.6) is 0 Å². The molecule has 2 heteroatoms. The van der Waals surface area contributed by atoms with E-state index < -0.39 is 0 Å². The van der Waals surface area contributed by atoms with Crippen LogP contribution < -0.4 is 5.73 Å². The summed E-state index contributed by atoms with van der Waals surface area (Å²) < 4.78 is 5.68. The van der Waals surface area contributed by atoms with Crippen molar-refractivity contribution >= 4 is 0 Å². The van der Waals surface area contributed by atoms with Gasteiger partial charge in [0.2, 0.25) is 0 Å². The highest BCUT2D eigenvalue weighted by molar-refractivity contribution is 4.93. The highest BCUT2D eigenvalue weighted by Crippen LogP contribution is 2.43. The van der Waals surface area contributed by atoms with Crippen molar-refractivity contribution in [2.24, 2.45) is 17.6 Å². The average Bonchev–Trinajstić information content (AvgIpc) is 2.85. The van der Waals surface area contributed by atoms with Crippen molar-refractivity contribution < 1.29 is 4.74 Å². The third kappa shape index (κ3) is 1.57. The summed E-state index contributed by atoms with van der Waals surface area (Å²) in [7, 11) is 0. The lowest BCUT2D eigenvalue weighted by Crippen LogP contribution is -2.22. The standard InChI is InChI=1S/C9H17NO/c10-6-7-5-8(7)9-3-1-2-4-11-9/h7-9H,1-6,10H2/t7-,8+,9?/m0/s1. The molecule has 0 spiro atoms. The predicted octanol–water partition coefficient (Wildman–Crippen LogP) is 1.15. The topological polar surface area (TPSA) is 35.2 Å². The van der Waals surface area contributed by atoms with E-state index in [0.29, 0.717) is 6.10 Å². The quantitative estimate of drug-likeness (QED) is 0.649. The molecule has 1 aliphatic carbocycles. The maximum Gasteiger partial charge on any atom is 0.0606 e. The van der Waals surface area contributed by atoms with Crippen LogP contribution in [-0.2, 0) is 4.74 Å². The van der Waals surface area contributed by atoms with E-state index in [-0.39, 0.29) is 0 Å². The Morgan fingerprint density at radius 1 is 1.36 bits per heavy atom. The van der Waals surface area contributed by atoms with Gasteiger partial charge in [0.25, 0.3) is 0 Å². The normalized spacial score (nSPS) is 43.9. The largest absolute Gasteiger partial charge is 0.378 e. The second-order valence-corrected chi connectivity index (χ2v) is 3.80. The fraction of sp³-hybridized carbons (Fsp3) is 1.00. The molecule has 0 aromatic carbocycles. The molecule has 0 radical (unpaired) electrons. The van der Waals surface area contributed by atoms with Gasteiger partial charge < -0.3 is 10.5 Å². The van der Waals surface area contributed by atoms with Crippen molar-refractivity contribution in [1.29, 1.82) is 0 Å². The van der Waals surface area contributed by atoms with Crippen molar-refractivity contribution in [3.05, 3.63) is 0 Å². The summed E-state index contributed by atoms with van der Waals surface area (Å²) in [4.78, 5) is 0. The first-order valence-electron chi connectivity index (χ1n) is 4.73. The zero-order valence-electron chi connectivity index (χ0n) is 6.96. The molecular weight excluding hydrogens is 138 g/mol. The van der Waals surface area contributed by atoms with Crippen LogP contribution in [0.25, 0.3) is 0 Å². The Balaban J connectivity index is 1.77. The zero-order chi connectivity index (χ0) is 7.68. The predicted molar refractivity (Wildman–Crippen MR) is 44.2 cm³/mol. The molecule has 1 unspecified atom stereocenters. The van der Waals surface area contributed by atoms with Crippen LogP contribution >= 0.6 is 0 Å². The summed E-state index contributed by atoms with van der Waals surface area (Å²) in [5.41, 5.74) is 5.58. The van der Waals surface area contributed by atoms with Gasteiger partial charge in [-0.05, 0) is 44.1 Å². The average molecular weight is 155 g/mol. The molecule has 1 saturated heterocycles. The second kappa shape index (κ2) is 3.11. The number of hydrogen-bond acceptors (Lipinski definition) is 2. The zero-order valence-corrected chi connectivity index (χ0v) is 6.96. The van der Waals surface area contributed by atoms with Crippen LogP contribution in [0.1, 0.15) is 25.7 Å². The van der Waals surface area contributed by atoms with Crippen LogP contribution in [-0.4, -0.2) is 19.3 Å². The molecule has 2 aliphatic rings. The molecule has 2 nitrogen and oxygen atoms in total. The van der Waals surface area contributed by atoms with Gasteiger partial charge in [-0.1, -0.05) is 0 Å². The molecule has 0 amide bonds. The summed E-state index contributed by atoms with van der Waals surface area (Å²) in [6.45, 7) is 1.85. The fourth-order valence-corrected chi connectivity index (χ4v) is 2.10. The molecule has 11 heavy (non-hydrogen) atoms. The molecule has 1 aliphatic heterocycles. The molecule has 0 aromatic heterocycles. The Morgan fingerprint density at radius 3 is 2.82 bits per heavy atom. The van der Waals surface area contributed by atoms with Gasteiger partial charge in [-0.2, -0.15) is 0 Å². The lowest BCUT2D eigenvalue weighted by molar-refractivity contribution is -0.000410. The first-order valence-corrected chi connectivity index (χ1v) is 4.73. The van der Waals surface area contributed by atoms with E-state index in [2.05, 4.69) is 0 Å². The lowest BCUT2D eigenvalue weighted by Gasteiger charge is -2.22. The summed E-state index contributed by atoms with van der Waals surface area (Å²) >= 11 is 0. The van der Waals surface area contributed by atoms with Crippen molar-refractivity contribution in [3.63, 3.8) is 0 Å². The van der Waals surface area contributed by atoms with Gasteiger partial charge in [0, 0.05) is 6.61 Å². The number of ether oxygens (including phenoxy) is 1. The molecule has 1 heterocycles. The number of nitrogens with two attached hydrogens (primary N) is 1. The van der Waals surface area contributed by atoms with Crippen LogP contribution in [0.4, 0.5) is 0 Å². The van der Waals surface area contributed by atoms with Crippen molar-refractivity contribution in [3.8, 4) is 0 Å². The molecule has 0 aromatic rings. The minimum atomic E-state index is 0.567. The van der Waals surface area contributed by atoms with Crippen LogP contribution in [0.3, 0.4) is 0 Å². The Morgan fingerprint density at radius 2 is 2.27 bits per heavy atom. The summed E-state index contributed by atoms with van der Waals surface area (Å²) in [5, 5.41) is 0. The van der Waals surface area contributed by atoms with E-state index in [1.165, 1.54) is 25.7 Å². The highest BCUT2D eigenvalue weighted by Gasteiger charge is 2.42. The van der Waals surface area contributed by atoms with Gasteiger partial charge in [0.15, 0.2) is 0 Å². The van der Waals surface area contributed by atoms with Crippen LogP contribution in [0.15, 0.2) is 0 Å². The third-order valence-electron chi connectivity index (χ3n) is 2.97. The number of rotatable bonds is 2. The van der Waals surface area contributed by atoms with E-state index in [9.17, 15) is 0 Å². The SMILES string of the molecule is NC[C@@H]1C[C@H]1C1CCCCO1. The van der Waals surface area contributed by atoms with E-state index >= 15 is 0 Å². The van der Waals surface area contributed by atoms with E-state index in [1.54, 1.807) is 0 Å². The molecule has 1 saturated carbocycles. The summed E-state index contributed by atoms with van der Waals surface area (Å²) in [6.07, 6.45) is 5.79. The van der Waals surface area contributed by atoms with Crippen LogP contribution in [0.2, 0.25) is 0 Å². The van der Waals surface area contributed by atoms with E-state index in [0.717, 1.165) is 25.0 Å². The van der Waals surface area contributed by atoms with E-state index in [1.807, 2.05) is 0 Å². The van der Waals surface area contributed by atoms with Gasteiger partial charge in [-0.3, -0.25) is 0 Å². The maximum atomic E-state index is 5.68. The first-order chi connectivity index (χ1) is 5.42. The minimum absolute atomic E-state index is 0.567. The minimum Gasteiger partial charge on any atom is -0.378 e. The molecule has 2 fully saturated rings. The summed E-state index contributed by atoms with van der Waals surface area (Å²) in [5.74, 6) is 1.61. The van der Waals surface area contributed by atoms with Gasteiger partial charge >= 0.3 is 0 Å². The van der Waals surface area contributed by atoms with Gasteiger partial charge in [-0.25, -0.2) is 0 Å². The Labute approximate surface area is 68.1 Å². The third-order valence-corrected chi connectivity index (χ3v) is 2.97. The molecular formula is C9H17NO. The maximum absolute atomic E-state index is 5.68. The van der Waals surface area contributed by atoms with Gasteiger partial charge in [-0.15, -0.1) is 0 Å². The molecule has 3 atom stereocenters. The Kier molecular flexibility index (Phi) is 2.14. The molecule has 2 rings (SSSR count). The van der Waals surface area contributed by atoms with E-state index in [4.69, 9.17) is 10.5 Å². The fourth-order valence-electron chi connectivity index (χ4n) is 2.10. The lowest BCUT2D eigenvalue weighted by atomic mass is 10.0. The van der Waals surface area contributed by atoms with Crippen molar-refractivity contribution in [2.75, 3.05) is 13.2 Å². The van der Waals surface area contributed by atoms with Gasteiger partial charge in [0.1, 0.15) is 0 Å². The smallest absolute Gasteiger partial charge is 0.0606 e. The molecule has 64 valence electrons.